The normalized spacial score (nSPS) is 12.4. The lowest BCUT2D eigenvalue weighted by Crippen LogP contribution is -2.38. The van der Waals surface area contributed by atoms with Gasteiger partial charge in [0, 0.05) is 14.1 Å². The van der Waals surface area contributed by atoms with E-state index in [9.17, 15) is 29.4 Å². The molecule has 15 nitrogen and oxygen atoms in total. The van der Waals surface area contributed by atoms with Crippen molar-refractivity contribution in [3.05, 3.63) is 72.0 Å². The minimum atomic E-state index is -1.15. The predicted octanol–water partition coefficient (Wildman–Crippen LogP) is -0.629. The third-order valence-corrected chi connectivity index (χ3v) is 5.04. The third-order valence-electron chi connectivity index (χ3n) is 5.04. The number of H-pyrrole nitrogens is 2. The molecule has 0 spiro atoms. The number of hydrogen-bond acceptors (Lipinski definition) is 10. The number of benzene rings is 1. The molecular formula is C20H20N8O7. The van der Waals surface area contributed by atoms with Crippen LogP contribution in [0.15, 0.2) is 59.7 Å². The lowest BCUT2D eigenvalue weighted by molar-refractivity contribution is 0.0937. The first-order chi connectivity index (χ1) is 16.7. The number of imidazole rings is 1. The summed E-state index contributed by atoms with van der Waals surface area (Å²) in [6.07, 6.45) is -1.15. The number of fused-ring (bicyclic) bond motifs is 1. The SMILES string of the molecule is Cn1c(=O)c2c(nc(N=Nc3c(O)[nH]c(=O)[nH]c3=O)n2CC(O)COc2ccccc2)n(C)c1=O. The number of aromatic amines is 2. The quantitative estimate of drug-likeness (QED) is 0.248. The molecule has 15 heteroatoms. The van der Waals surface area contributed by atoms with Crippen molar-refractivity contribution in [3.63, 3.8) is 0 Å². The van der Waals surface area contributed by atoms with Crippen LogP contribution in [0.5, 0.6) is 11.6 Å². The number of rotatable bonds is 7. The first kappa shape index (κ1) is 23.4. The Balaban J connectivity index is 1.79. The van der Waals surface area contributed by atoms with E-state index in [0.717, 1.165) is 9.13 Å². The number of azo groups is 1. The van der Waals surface area contributed by atoms with E-state index >= 15 is 0 Å². The molecule has 0 aliphatic carbocycles. The van der Waals surface area contributed by atoms with E-state index in [-0.39, 0.29) is 30.3 Å². The molecule has 3 aromatic heterocycles. The van der Waals surface area contributed by atoms with E-state index in [0.29, 0.717) is 5.75 Å². The Morgan fingerprint density at radius 2 is 1.77 bits per heavy atom. The number of aryl methyl sites for hydroxylation is 1. The standard InChI is InChI=1S/C20H20N8O7/c1-26-14-13(17(32)27(2)20(26)34)28(8-10(29)9-35-11-6-4-3-5-7-11)18(21-14)25-24-12-15(30)22-19(33)23-16(12)31/h3-7,10,29H,8-9H2,1-2H3,(H3,22,23,30,31,33). The predicted molar refractivity (Wildman–Crippen MR) is 122 cm³/mol. The molecular weight excluding hydrogens is 464 g/mol. The summed E-state index contributed by atoms with van der Waals surface area (Å²) in [6.45, 7) is -0.383. The topological polar surface area (TPSA) is 202 Å². The zero-order valence-corrected chi connectivity index (χ0v) is 18.5. The van der Waals surface area contributed by atoms with Gasteiger partial charge >= 0.3 is 11.4 Å². The van der Waals surface area contributed by atoms with Crippen molar-refractivity contribution >= 4 is 22.8 Å². The zero-order chi connectivity index (χ0) is 25.3. The minimum absolute atomic E-state index is 0.0390. The summed E-state index contributed by atoms with van der Waals surface area (Å²) in [5.41, 5.74) is -4.00. The molecule has 0 bridgehead atoms. The maximum absolute atomic E-state index is 12.9. The van der Waals surface area contributed by atoms with Gasteiger partial charge in [0.25, 0.3) is 17.1 Å². The molecule has 4 rings (SSSR count). The third kappa shape index (κ3) is 4.51. The second-order valence-corrected chi connectivity index (χ2v) is 7.48. The molecule has 3 heterocycles. The molecule has 0 aliphatic rings. The Labute approximate surface area is 194 Å². The molecule has 0 fully saturated rings. The molecule has 0 aliphatic heterocycles. The van der Waals surface area contributed by atoms with Crippen molar-refractivity contribution in [1.82, 2.24) is 28.7 Å². The maximum atomic E-state index is 12.9. The Morgan fingerprint density at radius 3 is 2.46 bits per heavy atom. The average Bonchev–Trinajstić information content (AvgIpc) is 3.18. The van der Waals surface area contributed by atoms with Crippen molar-refractivity contribution in [2.24, 2.45) is 24.3 Å². The molecule has 0 saturated carbocycles. The first-order valence-corrected chi connectivity index (χ1v) is 10.2. The van der Waals surface area contributed by atoms with E-state index in [1.807, 2.05) is 16.0 Å². The van der Waals surface area contributed by atoms with Crippen molar-refractivity contribution in [2.75, 3.05) is 6.61 Å². The van der Waals surface area contributed by atoms with Crippen LogP contribution in [0.3, 0.4) is 0 Å². The van der Waals surface area contributed by atoms with Crippen LogP contribution in [0, 0.1) is 0 Å². The van der Waals surface area contributed by atoms with Crippen LogP contribution in [-0.4, -0.2) is 51.6 Å². The summed E-state index contributed by atoms with van der Waals surface area (Å²) >= 11 is 0. The number of nitrogens with one attached hydrogen (secondary N) is 2. The highest BCUT2D eigenvalue weighted by Gasteiger charge is 2.22. The van der Waals surface area contributed by atoms with Gasteiger partial charge in [0.2, 0.25) is 11.6 Å². The molecule has 4 N–H and O–H groups in total. The van der Waals surface area contributed by atoms with Gasteiger partial charge in [0.15, 0.2) is 11.2 Å². The van der Waals surface area contributed by atoms with Crippen LogP contribution in [0.25, 0.3) is 11.2 Å². The van der Waals surface area contributed by atoms with Crippen molar-refractivity contribution in [3.8, 4) is 11.6 Å². The molecule has 182 valence electrons. The van der Waals surface area contributed by atoms with E-state index in [2.05, 4.69) is 15.2 Å². The molecule has 0 saturated heterocycles. The van der Waals surface area contributed by atoms with Gasteiger partial charge in [-0.05, 0) is 12.1 Å². The Kier molecular flexibility index (Phi) is 6.16. The molecule has 0 amide bonds. The van der Waals surface area contributed by atoms with E-state index < -0.39 is 40.2 Å². The van der Waals surface area contributed by atoms with Gasteiger partial charge in [-0.15, -0.1) is 10.2 Å². The number of aliphatic hydroxyl groups excluding tert-OH is 1. The lowest BCUT2D eigenvalue weighted by atomic mass is 10.3. The lowest BCUT2D eigenvalue weighted by Gasteiger charge is -2.14. The highest BCUT2D eigenvalue weighted by molar-refractivity contribution is 5.73. The van der Waals surface area contributed by atoms with Gasteiger partial charge in [-0.2, -0.15) is 4.98 Å². The fourth-order valence-electron chi connectivity index (χ4n) is 3.31. The van der Waals surface area contributed by atoms with Gasteiger partial charge in [-0.1, -0.05) is 18.2 Å². The average molecular weight is 484 g/mol. The second-order valence-electron chi connectivity index (χ2n) is 7.48. The largest absolute Gasteiger partial charge is 0.493 e. The molecule has 0 radical (unpaired) electrons. The molecule has 4 aromatic rings. The summed E-state index contributed by atoms with van der Waals surface area (Å²) < 4.78 is 8.75. The Bertz CT molecular complexity index is 1660. The zero-order valence-electron chi connectivity index (χ0n) is 18.5. The van der Waals surface area contributed by atoms with Crippen LogP contribution < -0.4 is 27.2 Å². The fraction of sp³-hybridized carbons (Fsp3) is 0.250. The number of para-hydroxylation sites is 1. The number of aromatic nitrogens is 6. The van der Waals surface area contributed by atoms with E-state index in [1.165, 1.54) is 18.7 Å². The number of aliphatic hydroxyl groups is 1. The van der Waals surface area contributed by atoms with Crippen LogP contribution in [0.1, 0.15) is 0 Å². The maximum Gasteiger partial charge on any atom is 0.332 e. The highest BCUT2D eigenvalue weighted by Crippen LogP contribution is 2.23. The first-order valence-electron chi connectivity index (χ1n) is 10.2. The summed E-state index contributed by atoms with van der Waals surface area (Å²) in [6, 6.07) is 8.75. The Morgan fingerprint density at radius 1 is 1.06 bits per heavy atom. The van der Waals surface area contributed by atoms with E-state index in [4.69, 9.17) is 4.74 Å². The van der Waals surface area contributed by atoms with Gasteiger partial charge < -0.3 is 14.9 Å². The summed E-state index contributed by atoms with van der Waals surface area (Å²) in [5.74, 6) is -0.556. The summed E-state index contributed by atoms with van der Waals surface area (Å²) in [5, 5.41) is 27.9. The van der Waals surface area contributed by atoms with Gasteiger partial charge in [0.05, 0.1) is 6.54 Å². The fourth-order valence-corrected chi connectivity index (χ4v) is 3.31. The number of aromatic hydroxyl groups is 1. The second kappa shape index (κ2) is 9.22. The van der Waals surface area contributed by atoms with Crippen LogP contribution in [-0.2, 0) is 20.6 Å². The van der Waals surface area contributed by atoms with Gasteiger partial charge in [-0.25, -0.2) is 9.59 Å². The minimum Gasteiger partial charge on any atom is -0.493 e. The summed E-state index contributed by atoms with van der Waals surface area (Å²) in [7, 11) is 2.69. The van der Waals surface area contributed by atoms with Crippen molar-refractivity contribution in [1.29, 1.82) is 0 Å². The molecule has 1 aromatic carbocycles. The van der Waals surface area contributed by atoms with E-state index in [1.54, 1.807) is 24.3 Å². The van der Waals surface area contributed by atoms with Crippen molar-refractivity contribution in [2.45, 2.75) is 12.6 Å². The number of hydrogen-bond donors (Lipinski definition) is 4. The van der Waals surface area contributed by atoms with Crippen molar-refractivity contribution < 1.29 is 14.9 Å². The molecule has 1 atom stereocenters. The smallest absolute Gasteiger partial charge is 0.332 e. The molecule has 35 heavy (non-hydrogen) atoms. The van der Waals surface area contributed by atoms with Crippen LogP contribution in [0.2, 0.25) is 0 Å². The number of nitrogens with zero attached hydrogens (tertiary/aromatic N) is 6. The van der Waals surface area contributed by atoms with Crippen LogP contribution >= 0.6 is 0 Å². The molecule has 1 unspecified atom stereocenters. The van der Waals surface area contributed by atoms with Gasteiger partial charge in [0.1, 0.15) is 18.5 Å². The summed E-state index contributed by atoms with van der Waals surface area (Å²) in [4.78, 5) is 56.5. The highest BCUT2D eigenvalue weighted by atomic mass is 16.5. The number of ether oxygens (including phenoxy) is 1. The Hall–Kier alpha value is -4.79. The van der Waals surface area contributed by atoms with Gasteiger partial charge in [-0.3, -0.25) is 33.3 Å². The van der Waals surface area contributed by atoms with Crippen LogP contribution in [0.4, 0.5) is 11.6 Å². The monoisotopic (exact) mass is 484 g/mol.